The zero-order chi connectivity index (χ0) is 5.33. The summed E-state index contributed by atoms with van der Waals surface area (Å²) in [6.07, 6.45) is 1.25. The first kappa shape index (κ1) is 5.82. The van der Waals surface area contributed by atoms with E-state index in [1.807, 2.05) is 0 Å². The minimum absolute atomic E-state index is 0.251. The van der Waals surface area contributed by atoms with E-state index < -0.39 is 0 Å². The molecule has 1 rings (SSSR count). The summed E-state index contributed by atoms with van der Waals surface area (Å²) in [7, 11) is 0. The third-order valence-corrected chi connectivity index (χ3v) is 2.98. The molecule has 0 radical (unpaired) electrons. The Labute approximate surface area is 57.6 Å². The molecule has 0 saturated carbocycles. The van der Waals surface area contributed by atoms with Crippen LogP contribution < -0.4 is 0 Å². The van der Waals surface area contributed by atoms with Gasteiger partial charge in [0.1, 0.15) is 0 Å². The topological polar surface area (TPSA) is 9.23 Å². The monoisotopic (exact) mass is 212 g/mol. The predicted octanol–water partition coefficient (Wildman–Crippen LogP) is 1.60. The number of rotatable bonds is 1. The normalized spacial score (nSPS) is 40.3. The standard InChI is InChI=1S/C5H9IO/c1-5(4-6)2-3-7-5/h2-4H2,1H3/t5-/m1/s1. The average molecular weight is 212 g/mol. The lowest BCUT2D eigenvalue weighted by atomic mass is 10.0. The minimum atomic E-state index is 0.251. The summed E-state index contributed by atoms with van der Waals surface area (Å²) in [5, 5.41) is 0. The Morgan fingerprint density at radius 2 is 2.43 bits per heavy atom. The summed E-state index contributed by atoms with van der Waals surface area (Å²) in [4.78, 5) is 0. The van der Waals surface area contributed by atoms with Crippen LogP contribution in [0.3, 0.4) is 0 Å². The van der Waals surface area contributed by atoms with Crippen LogP contribution in [0.25, 0.3) is 0 Å². The van der Waals surface area contributed by atoms with Gasteiger partial charge in [-0.3, -0.25) is 0 Å². The van der Waals surface area contributed by atoms with E-state index in [1.165, 1.54) is 6.42 Å². The Morgan fingerprint density at radius 1 is 1.86 bits per heavy atom. The van der Waals surface area contributed by atoms with E-state index in [4.69, 9.17) is 4.74 Å². The van der Waals surface area contributed by atoms with Gasteiger partial charge in [0.15, 0.2) is 0 Å². The number of alkyl halides is 1. The van der Waals surface area contributed by atoms with Gasteiger partial charge in [0.2, 0.25) is 0 Å². The highest BCUT2D eigenvalue weighted by Gasteiger charge is 2.31. The van der Waals surface area contributed by atoms with Crippen molar-refractivity contribution >= 4 is 22.6 Å². The van der Waals surface area contributed by atoms with E-state index in [0.717, 1.165) is 11.0 Å². The fraction of sp³-hybridized carbons (Fsp3) is 1.00. The highest BCUT2D eigenvalue weighted by molar-refractivity contribution is 14.1. The third kappa shape index (κ3) is 1.08. The zero-order valence-electron chi connectivity index (χ0n) is 4.41. The molecule has 1 atom stereocenters. The summed E-state index contributed by atoms with van der Waals surface area (Å²) < 4.78 is 6.39. The molecule has 1 heterocycles. The SMILES string of the molecule is C[C@]1(CI)CCO1. The third-order valence-electron chi connectivity index (χ3n) is 1.36. The Bertz CT molecular complexity index is 63.0. The molecule has 0 aliphatic carbocycles. The number of ether oxygens (including phenoxy) is 1. The van der Waals surface area contributed by atoms with Crippen LogP contribution in [0.4, 0.5) is 0 Å². The fourth-order valence-electron chi connectivity index (χ4n) is 0.556. The molecular formula is C5H9IO. The second kappa shape index (κ2) is 1.90. The number of hydrogen-bond acceptors (Lipinski definition) is 1. The van der Waals surface area contributed by atoms with Crippen LogP contribution in [0, 0.1) is 0 Å². The van der Waals surface area contributed by atoms with Crippen LogP contribution in [0.15, 0.2) is 0 Å². The van der Waals surface area contributed by atoms with Crippen molar-refractivity contribution in [3.05, 3.63) is 0 Å². The molecule has 0 N–H and O–H groups in total. The summed E-state index contributed by atoms with van der Waals surface area (Å²) in [5.41, 5.74) is 0.251. The maximum Gasteiger partial charge on any atom is 0.0765 e. The average Bonchev–Trinajstić information content (AvgIpc) is 1.61. The van der Waals surface area contributed by atoms with Gasteiger partial charge in [0.25, 0.3) is 0 Å². The van der Waals surface area contributed by atoms with Crippen LogP contribution in [0.2, 0.25) is 0 Å². The van der Waals surface area contributed by atoms with Crippen molar-refractivity contribution in [2.45, 2.75) is 18.9 Å². The lowest BCUT2D eigenvalue weighted by Crippen LogP contribution is -2.41. The maximum absolute atomic E-state index is 5.26. The first-order chi connectivity index (χ1) is 3.27. The molecule has 0 aromatic rings. The molecule has 1 nitrogen and oxygen atoms in total. The molecule has 0 bridgehead atoms. The molecule has 0 unspecified atom stereocenters. The van der Waals surface area contributed by atoms with Crippen molar-refractivity contribution in [2.75, 3.05) is 11.0 Å². The van der Waals surface area contributed by atoms with Gasteiger partial charge in [-0.2, -0.15) is 0 Å². The Morgan fingerprint density at radius 3 is 2.43 bits per heavy atom. The number of halogens is 1. The molecule has 1 fully saturated rings. The van der Waals surface area contributed by atoms with Gasteiger partial charge >= 0.3 is 0 Å². The van der Waals surface area contributed by atoms with E-state index in [0.29, 0.717) is 0 Å². The first-order valence-electron chi connectivity index (χ1n) is 2.47. The Balaban J connectivity index is 2.29. The Kier molecular flexibility index (Phi) is 1.58. The van der Waals surface area contributed by atoms with Crippen molar-refractivity contribution in [3.8, 4) is 0 Å². The van der Waals surface area contributed by atoms with Gasteiger partial charge in [-0.1, -0.05) is 22.6 Å². The van der Waals surface area contributed by atoms with Crippen LogP contribution in [0.1, 0.15) is 13.3 Å². The van der Waals surface area contributed by atoms with Gasteiger partial charge in [-0.15, -0.1) is 0 Å². The second-order valence-corrected chi connectivity index (χ2v) is 2.94. The van der Waals surface area contributed by atoms with Crippen LogP contribution in [-0.4, -0.2) is 16.6 Å². The van der Waals surface area contributed by atoms with Crippen molar-refractivity contribution in [1.29, 1.82) is 0 Å². The lowest BCUT2D eigenvalue weighted by Gasteiger charge is -2.36. The van der Waals surface area contributed by atoms with Crippen molar-refractivity contribution in [1.82, 2.24) is 0 Å². The highest BCUT2D eigenvalue weighted by atomic mass is 127. The van der Waals surface area contributed by atoms with Crippen molar-refractivity contribution in [2.24, 2.45) is 0 Å². The van der Waals surface area contributed by atoms with Crippen LogP contribution in [-0.2, 0) is 4.74 Å². The maximum atomic E-state index is 5.26. The smallest absolute Gasteiger partial charge is 0.0765 e. The summed E-state index contributed by atoms with van der Waals surface area (Å²) in [5.74, 6) is 0. The summed E-state index contributed by atoms with van der Waals surface area (Å²) in [6, 6.07) is 0. The Hall–Kier alpha value is 0.690. The minimum Gasteiger partial charge on any atom is -0.374 e. The summed E-state index contributed by atoms with van der Waals surface area (Å²) in [6.45, 7) is 3.13. The van der Waals surface area contributed by atoms with Crippen molar-refractivity contribution < 1.29 is 4.74 Å². The van der Waals surface area contributed by atoms with Gasteiger partial charge in [0, 0.05) is 10.8 Å². The molecule has 1 aliphatic rings. The quantitative estimate of drug-likeness (QED) is 0.473. The van der Waals surface area contributed by atoms with E-state index in [1.54, 1.807) is 0 Å². The van der Waals surface area contributed by atoms with E-state index >= 15 is 0 Å². The molecule has 2 heteroatoms. The first-order valence-corrected chi connectivity index (χ1v) is 3.99. The molecule has 1 aliphatic heterocycles. The molecule has 7 heavy (non-hydrogen) atoms. The molecule has 1 saturated heterocycles. The molecule has 0 aromatic heterocycles. The van der Waals surface area contributed by atoms with Crippen LogP contribution in [0.5, 0.6) is 0 Å². The second-order valence-electron chi connectivity index (χ2n) is 2.18. The highest BCUT2D eigenvalue weighted by Crippen LogP contribution is 2.27. The zero-order valence-corrected chi connectivity index (χ0v) is 6.57. The molecular weight excluding hydrogens is 203 g/mol. The molecule has 0 aromatic carbocycles. The van der Waals surface area contributed by atoms with Gasteiger partial charge < -0.3 is 4.74 Å². The fourth-order valence-corrected chi connectivity index (χ4v) is 1.16. The molecule has 0 amide bonds. The van der Waals surface area contributed by atoms with E-state index in [2.05, 4.69) is 29.5 Å². The van der Waals surface area contributed by atoms with Gasteiger partial charge in [0.05, 0.1) is 12.2 Å². The van der Waals surface area contributed by atoms with E-state index in [-0.39, 0.29) is 5.60 Å². The predicted molar refractivity (Wildman–Crippen MR) is 37.9 cm³/mol. The van der Waals surface area contributed by atoms with Crippen LogP contribution >= 0.6 is 22.6 Å². The largest absolute Gasteiger partial charge is 0.374 e. The molecule has 0 spiro atoms. The van der Waals surface area contributed by atoms with Crippen molar-refractivity contribution in [3.63, 3.8) is 0 Å². The van der Waals surface area contributed by atoms with Gasteiger partial charge in [-0.25, -0.2) is 0 Å². The van der Waals surface area contributed by atoms with E-state index in [9.17, 15) is 0 Å². The van der Waals surface area contributed by atoms with Gasteiger partial charge in [-0.05, 0) is 6.92 Å². The summed E-state index contributed by atoms with van der Waals surface area (Å²) >= 11 is 2.36. The number of hydrogen-bond donors (Lipinski definition) is 0. The molecule has 42 valence electrons. The lowest BCUT2D eigenvalue weighted by molar-refractivity contribution is -0.114.